The molecule has 1 aliphatic carbocycles. The highest BCUT2D eigenvalue weighted by Gasteiger charge is 2.41. The number of nitrogens with zero attached hydrogens (tertiary/aromatic N) is 2. The van der Waals surface area contributed by atoms with E-state index < -0.39 is 11.7 Å². The third-order valence-corrected chi connectivity index (χ3v) is 5.39. The third-order valence-electron chi connectivity index (χ3n) is 4.61. The molecule has 124 valence electrons. The minimum Gasteiger partial charge on any atom is -0.298 e. The second-order valence-corrected chi connectivity index (χ2v) is 6.93. The molecule has 0 amide bonds. The van der Waals surface area contributed by atoms with Gasteiger partial charge in [0.25, 0.3) is 0 Å². The van der Waals surface area contributed by atoms with Gasteiger partial charge >= 0.3 is 0 Å². The summed E-state index contributed by atoms with van der Waals surface area (Å²) in [4.78, 5) is 38.1. The van der Waals surface area contributed by atoms with E-state index in [0.717, 1.165) is 17.1 Å². The second-order valence-electron chi connectivity index (χ2n) is 6.17. The number of hydrogen-bond acceptors (Lipinski definition) is 6. The van der Waals surface area contributed by atoms with Crippen molar-refractivity contribution in [1.82, 2.24) is 9.59 Å². The molecule has 0 aliphatic heterocycles. The molecule has 0 atom stereocenters. The lowest BCUT2D eigenvalue weighted by Gasteiger charge is -2.26. The van der Waals surface area contributed by atoms with Gasteiger partial charge < -0.3 is 0 Å². The lowest BCUT2D eigenvalue weighted by atomic mass is 9.74. The Labute approximate surface area is 147 Å². The first-order valence-corrected chi connectivity index (χ1v) is 8.78. The summed E-state index contributed by atoms with van der Waals surface area (Å²) < 4.78 is 4.47. The summed E-state index contributed by atoms with van der Waals surface area (Å²) in [6.45, 7) is 0. The number of carbonyl (C=O) groups excluding carboxylic acids is 3. The fraction of sp³-hybridized carbons (Fsp3) is 0.211. The average molecular weight is 350 g/mol. The van der Waals surface area contributed by atoms with Gasteiger partial charge in [-0.15, -0.1) is 5.10 Å². The number of rotatable bonds is 3. The molecule has 1 aromatic heterocycles. The number of hydrogen-bond donors (Lipinski definition) is 0. The number of aromatic nitrogens is 2. The van der Waals surface area contributed by atoms with E-state index in [9.17, 15) is 14.4 Å². The standard InChI is InChI=1S/C19H14N2O3S/c22-15-9-12(11-5-2-1-3-6-11)10-16(23)17(15)18(24)13-7-4-8-14-19(13)25-21-20-14/h1-8,12,17H,9-10H2. The lowest BCUT2D eigenvalue weighted by molar-refractivity contribution is -0.133. The van der Waals surface area contributed by atoms with E-state index in [2.05, 4.69) is 9.59 Å². The quantitative estimate of drug-likeness (QED) is 0.535. The molecule has 2 aromatic carbocycles. The van der Waals surface area contributed by atoms with Gasteiger partial charge in [-0.1, -0.05) is 40.9 Å². The summed E-state index contributed by atoms with van der Waals surface area (Å²) in [5.74, 6) is -2.38. The van der Waals surface area contributed by atoms with Crippen molar-refractivity contribution in [3.63, 3.8) is 0 Å². The van der Waals surface area contributed by atoms with Gasteiger partial charge in [0.15, 0.2) is 17.3 Å². The third kappa shape index (κ3) is 2.78. The molecule has 1 saturated carbocycles. The summed E-state index contributed by atoms with van der Waals surface area (Å²) in [5.41, 5.74) is 1.93. The van der Waals surface area contributed by atoms with Crippen LogP contribution in [0, 0.1) is 5.92 Å². The largest absolute Gasteiger partial charge is 0.298 e. The Morgan fingerprint density at radius 1 is 0.960 bits per heavy atom. The van der Waals surface area contributed by atoms with Crippen LogP contribution in [0.25, 0.3) is 10.2 Å². The SMILES string of the molecule is O=C1CC(c2ccccc2)CC(=O)C1C(=O)c1cccc2nnsc12. The Balaban J connectivity index is 1.63. The molecule has 3 aromatic rings. The summed E-state index contributed by atoms with van der Waals surface area (Å²) in [7, 11) is 0. The maximum absolute atomic E-state index is 12.9. The first kappa shape index (κ1) is 15.8. The maximum atomic E-state index is 12.9. The predicted octanol–water partition coefficient (Wildman–Crippen LogP) is 3.21. The summed E-state index contributed by atoms with van der Waals surface area (Å²) in [6.07, 6.45) is 0.423. The fourth-order valence-electron chi connectivity index (χ4n) is 3.38. The molecule has 0 radical (unpaired) electrons. The second kappa shape index (κ2) is 6.29. The smallest absolute Gasteiger partial charge is 0.182 e. The van der Waals surface area contributed by atoms with Gasteiger partial charge in [-0.25, -0.2) is 0 Å². The molecule has 0 unspecified atom stereocenters. The van der Waals surface area contributed by atoms with Crippen LogP contribution in [0.2, 0.25) is 0 Å². The van der Waals surface area contributed by atoms with Crippen molar-refractivity contribution in [3.8, 4) is 0 Å². The normalized spacial score (nSPS) is 20.8. The maximum Gasteiger partial charge on any atom is 0.182 e. The molecule has 5 nitrogen and oxygen atoms in total. The molecule has 1 fully saturated rings. The molecule has 0 N–H and O–H groups in total. The van der Waals surface area contributed by atoms with E-state index in [4.69, 9.17) is 0 Å². The van der Waals surface area contributed by atoms with Gasteiger partial charge in [-0.2, -0.15) is 0 Å². The van der Waals surface area contributed by atoms with Crippen LogP contribution < -0.4 is 0 Å². The highest BCUT2D eigenvalue weighted by atomic mass is 32.1. The molecule has 4 rings (SSSR count). The van der Waals surface area contributed by atoms with Crippen molar-refractivity contribution in [3.05, 3.63) is 59.7 Å². The zero-order valence-corrected chi connectivity index (χ0v) is 14.0. The molecule has 1 heterocycles. The first-order chi connectivity index (χ1) is 12.1. The molecular weight excluding hydrogens is 336 g/mol. The molecule has 0 spiro atoms. The highest BCUT2D eigenvalue weighted by Crippen LogP contribution is 2.34. The van der Waals surface area contributed by atoms with Crippen LogP contribution in [0.1, 0.15) is 34.7 Å². The van der Waals surface area contributed by atoms with E-state index in [1.54, 1.807) is 18.2 Å². The minimum absolute atomic E-state index is 0.147. The van der Waals surface area contributed by atoms with E-state index in [-0.39, 0.29) is 30.3 Å². The minimum atomic E-state index is -1.20. The lowest BCUT2D eigenvalue weighted by Crippen LogP contribution is -2.38. The van der Waals surface area contributed by atoms with E-state index in [0.29, 0.717) is 15.8 Å². The summed E-state index contributed by atoms with van der Waals surface area (Å²) >= 11 is 1.10. The Morgan fingerprint density at radius 2 is 1.68 bits per heavy atom. The van der Waals surface area contributed by atoms with Crippen LogP contribution in [-0.4, -0.2) is 26.9 Å². The van der Waals surface area contributed by atoms with Crippen molar-refractivity contribution >= 4 is 39.1 Å². The fourth-order valence-corrected chi connectivity index (χ4v) is 4.06. The summed E-state index contributed by atoms with van der Waals surface area (Å²) in [6, 6.07) is 14.6. The van der Waals surface area contributed by atoms with E-state index >= 15 is 0 Å². The molecule has 0 saturated heterocycles. The van der Waals surface area contributed by atoms with Gasteiger partial charge in [0.05, 0.1) is 4.70 Å². The van der Waals surface area contributed by atoms with Gasteiger partial charge in [0, 0.05) is 18.4 Å². The number of carbonyl (C=O) groups is 3. The molecule has 25 heavy (non-hydrogen) atoms. The zero-order valence-electron chi connectivity index (χ0n) is 13.2. The predicted molar refractivity (Wildman–Crippen MR) is 93.7 cm³/mol. The first-order valence-electron chi connectivity index (χ1n) is 8.01. The Bertz CT molecular complexity index is 963. The van der Waals surface area contributed by atoms with Crippen molar-refractivity contribution in [1.29, 1.82) is 0 Å². The van der Waals surface area contributed by atoms with Gasteiger partial charge in [0.2, 0.25) is 0 Å². The monoisotopic (exact) mass is 350 g/mol. The van der Waals surface area contributed by atoms with E-state index in [1.807, 2.05) is 30.3 Å². The van der Waals surface area contributed by atoms with Gasteiger partial charge in [0.1, 0.15) is 11.4 Å². The Hall–Kier alpha value is -2.73. The number of Topliss-reactive ketones (excluding diaryl/α,β-unsaturated/α-hetero) is 3. The number of benzene rings is 2. The Kier molecular flexibility index (Phi) is 3.97. The molecule has 6 heteroatoms. The van der Waals surface area contributed by atoms with Gasteiger partial charge in [-0.05, 0) is 35.1 Å². The van der Waals surface area contributed by atoms with Crippen LogP contribution in [0.3, 0.4) is 0 Å². The van der Waals surface area contributed by atoms with Crippen molar-refractivity contribution in [2.24, 2.45) is 5.92 Å². The van der Waals surface area contributed by atoms with Crippen molar-refractivity contribution in [2.45, 2.75) is 18.8 Å². The van der Waals surface area contributed by atoms with Crippen LogP contribution in [-0.2, 0) is 9.59 Å². The molecule has 0 bridgehead atoms. The number of ketones is 3. The van der Waals surface area contributed by atoms with Crippen LogP contribution in [0.5, 0.6) is 0 Å². The highest BCUT2D eigenvalue weighted by molar-refractivity contribution is 7.13. The molecule has 1 aliphatic rings. The van der Waals surface area contributed by atoms with Crippen molar-refractivity contribution < 1.29 is 14.4 Å². The summed E-state index contributed by atoms with van der Waals surface area (Å²) in [5, 5.41) is 3.94. The number of fused-ring (bicyclic) bond motifs is 1. The zero-order chi connectivity index (χ0) is 17.4. The van der Waals surface area contributed by atoms with Crippen molar-refractivity contribution in [2.75, 3.05) is 0 Å². The molecular formula is C19H14N2O3S. The topological polar surface area (TPSA) is 77.0 Å². The van der Waals surface area contributed by atoms with E-state index in [1.165, 1.54) is 0 Å². The van der Waals surface area contributed by atoms with Gasteiger partial charge in [-0.3, -0.25) is 14.4 Å². The van der Waals surface area contributed by atoms with Crippen LogP contribution >= 0.6 is 11.5 Å². The van der Waals surface area contributed by atoms with Crippen LogP contribution in [0.15, 0.2) is 48.5 Å². The Morgan fingerprint density at radius 3 is 2.40 bits per heavy atom. The average Bonchev–Trinajstić information content (AvgIpc) is 3.10. The van der Waals surface area contributed by atoms with Crippen LogP contribution in [0.4, 0.5) is 0 Å².